The maximum absolute atomic E-state index is 12.3. The van der Waals surface area contributed by atoms with Crippen LogP contribution in [0.3, 0.4) is 0 Å². The molecule has 1 aromatic rings. The Bertz CT molecular complexity index is 787. The number of carbonyl (C=O) groups excluding carboxylic acids is 5. The molecule has 0 aliphatic rings. The van der Waals surface area contributed by atoms with Gasteiger partial charge >= 0.3 is 23.9 Å². The summed E-state index contributed by atoms with van der Waals surface area (Å²) in [7, 11) is 0. The fourth-order valence-electron chi connectivity index (χ4n) is 2.78. The smallest absolute Gasteiger partial charge is 0.311 e. The predicted molar refractivity (Wildman–Crippen MR) is 108 cm³/mol. The van der Waals surface area contributed by atoms with E-state index in [2.05, 4.69) is 0 Å². The summed E-state index contributed by atoms with van der Waals surface area (Å²) in [4.78, 5) is 57.3. The first kappa shape index (κ1) is 25.8. The van der Waals surface area contributed by atoms with Crippen LogP contribution in [0, 0.1) is 19.8 Å². The Balaban J connectivity index is 2.61. The summed E-state index contributed by atoms with van der Waals surface area (Å²) in [6.45, 7) is 7.05. The van der Waals surface area contributed by atoms with Crippen LogP contribution in [0.1, 0.15) is 55.1 Å². The molecule has 0 saturated heterocycles. The zero-order chi connectivity index (χ0) is 23.6. The van der Waals surface area contributed by atoms with Gasteiger partial charge in [0.25, 0.3) is 0 Å². The van der Waals surface area contributed by atoms with E-state index in [4.69, 9.17) is 18.9 Å². The number of carbonyl (C=O) groups is 5. The largest absolute Gasteiger partial charge is 0.462 e. The van der Waals surface area contributed by atoms with Gasteiger partial charge in [0.15, 0.2) is 6.10 Å². The van der Waals surface area contributed by atoms with Gasteiger partial charge in [-0.2, -0.15) is 0 Å². The number of rotatable bonds is 11. The topological polar surface area (TPSA) is 122 Å². The van der Waals surface area contributed by atoms with Crippen LogP contribution < -0.4 is 4.74 Å². The fourth-order valence-corrected chi connectivity index (χ4v) is 2.78. The molecule has 0 heterocycles. The first-order valence-electron chi connectivity index (χ1n) is 9.75. The minimum Gasteiger partial charge on any atom is -0.462 e. The molecular formula is C22H28O9. The molecule has 0 N–H and O–H groups in total. The molecule has 0 radical (unpaired) electrons. The summed E-state index contributed by atoms with van der Waals surface area (Å²) in [5.41, 5.74) is 1.80. The van der Waals surface area contributed by atoms with E-state index in [-0.39, 0.29) is 26.1 Å². The van der Waals surface area contributed by atoms with Crippen LogP contribution in [0.2, 0.25) is 0 Å². The van der Waals surface area contributed by atoms with Crippen molar-refractivity contribution in [3.8, 4) is 5.75 Å². The van der Waals surface area contributed by atoms with Gasteiger partial charge < -0.3 is 18.9 Å². The molecule has 1 rings (SSSR count). The zero-order valence-corrected chi connectivity index (χ0v) is 18.4. The molecule has 0 aliphatic heterocycles. The molecular weight excluding hydrogens is 408 g/mol. The maximum Gasteiger partial charge on any atom is 0.311 e. The van der Waals surface area contributed by atoms with Crippen molar-refractivity contribution in [2.45, 2.75) is 53.6 Å². The van der Waals surface area contributed by atoms with Gasteiger partial charge in [0, 0.05) is 32.3 Å². The van der Waals surface area contributed by atoms with Gasteiger partial charge in [0.05, 0.1) is 0 Å². The molecule has 31 heavy (non-hydrogen) atoms. The first-order chi connectivity index (χ1) is 14.5. The van der Waals surface area contributed by atoms with Crippen LogP contribution >= 0.6 is 0 Å². The van der Waals surface area contributed by atoms with Crippen molar-refractivity contribution in [3.05, 3.63) is 28.8 Å². The van der Waals surface area contributed by atoms with Crippen LogP contribution in [0.4, 0.5) is 0 Å². The van der Waals surface area contributed by atoms with Crippen molar-refractivity contribution >= 4 is 30.2 Å². The number of hydrogen-bond acceptors (Lipinski definition) is 9. The maximum atomic E-state index is 12.3. The molecule has 1 atom stereocenters. The lowest BCUT2D eigenvalue weighted by Gasteiger charge is -2.18. The van der Waals surface area contributed by atoms with Crippen LogP contribution in [-0.2, 0) is 33.4 Å². The van der Waals surface area contributed by atoms with Crippen molar-refractivity contribution in [2.24, 2.45) is 5.92 Å². The number of benzene rings is 1. The summed E-state index contributed by atoms with van der Waals surface area (Å²) in [6.07, 6.45) is -0.355. The van der Waals surface area contributed by atoms with E-state index in [1.165, 1.54) is 13.8 Å². The van der Waals surface area contributed by atoms with Crippen molar-refractivity contribution in [1.82, 2.24) is 0 Å². The van der Waals surface area contributed by atoms with E-state index >= 15 is 0 Å². The predicted octanol–water partition coefficient (Wildman–Crippen LogP) is 2.48. The second-order valence-corrected chi connectivity index (χ2v) is 7.31. The van der Waals surface area contributed by atoms with Gasteiger partial charge in [-0.15, -0.1) is 0 Å². The molecule has 1 unspecified atom stereocenters. The van der Waals surface area contributed by atoms with E-state index in [1.54, 1.807) is 32.9 Å². The van der Waals surface area contributed by atoms with E-state index in [1.807, 2.05) is 0 Å². The summed E-state index contributed by atoms with van der Waals surface area (Å²) >= 11 is 0. The molecule has 0 saturated carbocycles. The number of aryl methyl sites for hydroxylation is 2. The third kappa shape index (κ3) is 9.88. The van der Waals surface area contributed by atoms with Gasteiger partial charge in [0.1, 0.15) is 25.2 Å². The molecule has 0 spiro atoms. The molecule has 1 aromatic carbocycles. The minimum atomic E-state index is -0.943. The van der Waals surface area contributed by atoms with Gasteiger partial charge in [-0.05, 0) is 43.0 Å². The van der Waals surface area contributed by atoms with Gasteiger partial charge in [0.2, 0.25) is 0 Å². The van der Waals surface area contributed by atoms with E-state index in [9.17, 15) is 24.0 Å². The van der Waals surface area contributed by atoms with Crippen LogP contribution in [0.5, 0.6) is 5.75 Å². The van der Waals surface area contributed by atoms with Crippen molar-refractivity contribution in [3.63, 3.8) is 0 Å². The second kappa shape index (κ2) is 12.5. The standard InChI is InChI=1S/C22H28O9/c1-13(6-20(26)30-19(11-28-16(4)24)12-29-17(5)25)7-21(27)31-22-14(2)8-18(10-23)9-15(22)3/h8-10,13,19H,6-7,11-12H2,1-5H3. The third-order valence-corrected chi connectivity index (χ3v) is 4.11. The Hall–Kier alpha value is -3.23. The van der Waals surface area contributed by atoms with Crippen molar-refractivity contribution < 1.29 is 42.9 Å². The summed E-state index contributed by atoms with van der Waals surface area (Å²) in [5.74, 6) is -2.29. The van der Waals surface area contributed by atoms with Crippen LogP contribution in [0.15, 0.2) is 12.1 Å². The van der Waals surface area contributed by atoms with E-state index < -0.39 is 35.9 Å². The molecule has 0 aromatic heterocycles. The molecule has 9 heteroatoms. The SMILES string of the molecule is CC(=O)OCC(COC(C)=O)OC(=O)CC(C)CC(=O)Oc1c(C)cc(C=O)cc1C. The average Bonchev–Trinajstić information content (AvgIpc) is 2.66. The fraction of sp³-hybridized carbons (Fsp3) is 0.500. The van der Waals surface area contributed by atoms with Crippen molar-refractivity contribution in [2.75, 3.05) is 13.2 Å². The highest BCUT2D eigenvalue weighted by Crippen LogP contribution is 2.25. The van der Waals surface area contributed by atoms with Gasteiger partial charge in [-0.3, -0.25) is 24.0 Å². The lowest BCUT2D eigenvalue weighted by molar-refractivity contribution is -0.166. The highest BCUT2D eigenvalue weighted by molar-refractivity contribution is 5.79. The van der Waals surface area contributed by atoms with Crippen LogP contribution in [0.25, 0.3) is 0 Å². The monoisotopic (exact) mass is 436 g/mol. The first-order valence-corrected chi connectivity index (χ1v) is 9.75. The molecule has 9 nitrogen and oxygen atoms in total. The number of hydrogen-bond donors (Lipinski definition) is 0. The molecule has 0 bridgehead atoms. The second-order valence-electron chi connectivity index (χ2n) is 7.31. The Kier molecular flexibility index (Phi) is 10.4. The third-order valence-electron chi connectivity index (χ3n) is 4.11. The summed E-state index contributed by atoms with van der Waals surface area (Å²) in [5, 5.41) is 0. The molecule has 0 amide bonds. The van der Waals surface area contributed by atoms with E-state index in [0.29, 0.717) is 22.4 Å². The Labute approximate surface area is 181 Å². The Morgan fingerprint density at radius 1 is 0.903 bits per heavy atom. The zero-order valence-electron chi connectivity index (χ0n) is 18.4. The molecule has 0 aliphatic carbocycles. The Morgan fingerprint density at radius 3 is 1.84 bits per heavy atom. The van der Waals surface area contributed by atoms with Gasteiger partial charge in [-0.1, -0.05) is 6.92 Å². The molecule has 0 fully saturated rings. The quantitative estimate of drug-likeness (QED) is 0.223. The summed E-state index contributed by atoms with van der Waals surface area (Å²) in [6, 6.07) is 3.24. The summed E-state index contributed by atoms with van der Waals surface area (Å²) < 4.78 is 20.2. The Morgan fingerprint density at radius 2 is 1.39 bits per heavy atom. The minimum absolute atomic E-state index is 0.0397. The lowest BCUT2D eigenvalue weighted by Crippen LogP contribution is -2.31. The van der Waals surface area contributed by atoms with Crippen molar-refractivity contribution in [1.29, 1.82) is 0 Å². The molecule has 170 valence electrons. The van der Waals surface area contributed by atoms with E-state index in [0.717, 1.165) is 6.29 Å². The highest BCUT2D eigenvalue weighted by Gasteiger charge is 2.22. The van der Waals surface area contributed by atoms with Crippen LogP contribution in [-0.4, -0.2) is 49.5 Å². The van der Waals surface area contributed by atoms with Gasteiger partial charge in [-0.25, -0.2) is 0 Å². The number of aldehydes is 1. The lowest BCUT2D eigenvalue weighted by atomic mass is 10.0. The highest BCUT2D eigenvalue weighted by atomic mass is 16.6. The average molecular weight is 436 g/mol. The normalized spacial score (nSPS) is 11.4. The number of ether oxygens (including phenoxy) is 4. The number of esters is 4.